The van der Waals surface area contributed by atoms with Crippen molar-refractivity contribution in [3.63, 3.8) is 0 Å². The molecule has 2 N–H and O–H groups in total. The van der Waals surface area contributed by atoms with Crippen LogP contribution >= 0.6 is 0 Å². The topological polar surface area (TPSA) is 75.6 Å². The fraction of sp³-hybridized carbons (Fsp3) is 1.00. The molecule has 1 saturated heterocycles. The highest BCUT2D eigenvalue weighted by Gasteiger charge is 2.29. The van der Waals surface area contributed by atoms with Crippen molar-refractivity contribution in [2.75, 3.05) is 38.3 Å². The van der Waals surface area contributed by atoms with E-state index in [1.165, 1.54) is 6.26 Å². The van der Waals surface area contributed by atoms with Gasteiger partial charge in [0.2, 0.25) is 0 Å². The lowest BCUT2D eigenvalue weighted by atomic mass is 9.94. The first-order valence-corrected chi connectivity index (χ1v) is 7.16. The van der Waals surface area contributed by atoms with Gasteiger partial charge in [0.25, 0.3) is 0 Å². The van der Waals surface area contributed by atoms with Crippen molar-refractivity contribution in [3.8, 4) is 0 Å². The SMILES string of the molecule is CS(=O)(=O)CCNCC1(O)CCOCC1. The Balaban J connectivity index is 2.19. The zero-order valence-electron chi connectivity index (χ0n) is 9.03. The van der Waals surface area contributed by atoms with E-state index in [1.807, 2.05) is 0 Å². The van der Waals surface area contributed by atoms with E-state index in [1.54, 1.807) is 0 Å². The van der Waals surface area contributed by atoms with Crippen LogP contribution in [0.2, 0.25) is 0 Å². The van der Waals surface area contributed by atoms with Gasteiger partial charge in [-0.2, -0.15) is 0 Å². The molecule has 90 valence electrons. The molecular weight excluding hydrogens is 218 g/mol. The smallest absolute Gasteiger partial charge is 0.148 e. The molecule has 1 aliphatic rings. The summed E-state index contributed by atoms with van der Waals surface area (Å²) in [4.78, 5) is 0. The predicted octanol–water partition coefficient (Wildman–Crippen LogP) is -0.838. The zero-order chi connectivity index (χ0) is 11.4. The number of ether oxygens (including phenoxy) is 1. The van der Waals surface area contributed by atoms with Crippen molar-refractivity contribution in [1.82, 2.24) is 5.32 Å². The molecule has 0 spiro atoms. The highest BCUT2D eigenvalue weighted by atomic mass is 32.2. The molecule has 1 heterocycles. The fourth-order valence-corrected chi connectivity index (χ4v) is 2.02. The van der Waals surface area contributed by atoms with Crippen LogP contribution in [-0.4, -0.2) is 57.4 Å². The van der Waals surface area contributed by atoms with Crippen molar-refractivity contribution in [2.24, 2.45) is 0 Å². The maximum Gasteiger partial charge on any atom is 0.148 e. The molecule has 0 aromatic rings. The third kappa shape index (κ3) is 5.46. The molecule has 6 heteroatoms. The number of hydrogen-bond donors (Lipinski definition) is 2. The van der Waals surface area contributed by atoms with Gasteiger partial charge >= 0.3 is 0 Å². The molecule has 0 aromatic carbocycles. The van der Waals surface area contributed by atoms with E-state index < -0.39 is 15.4 Å². The summed E-state index contributed by atoms with van der Waals surface area (Å²) in [7, 11) is -2.92. The molecule has 0 aromatic heterocycles. The van der Waals surface area contributed by atoms with E-state index in [9.17, 15) is 13.5 Å². The molecule has 0 unspecified atom stereocenters. The molecular formula is C9H19NO4S. The number of sulfone groups is 1. The third-order valence-corrected chi connectivity index (χ3v) is 3.47. The summed E-state index contributed by atoms with van der Waals surface area (Å²) < 4.78 is 26.8. The van der Waals surface area contributed by atoms with Gasteiger partial charge in [-0.1, -0.05) is 0 Å². The average molecular weight is 237 g/mol. The molecule has 0 radical (unpaired) electrons. The number of aliphatic hydroxyl groups is 1. The Morgan fingerprint density at radius 3 is 2.53 bits per heavy atom. The summed E-state index contributed by atoms with van der Waals surface area (Å²) in [5.41, 5.74) is -0.726. The molecule has 1 fully saturated rings. The summed E-state index contributed by atoms with van der Waals surface area (Å²) in [5.74, 6) is 0.111. The van der Waals surface area contributed by atoms with Gasteiger partial charge in [0.1, 0.15) is 9.84 Å². The molecule has 5 nitrogen and oxygen atoms in total. The minimum atomic E-state index is -2.92. The van der Waals surface area contributed by atoms with Crippen LogP contribution in [0.25, 0.3) is 0 Å². The van der Waals surface area contributed by atoms with Crippen LogP contribution in [0.1, 0.15) is 12.8 Å². The van der Waals surface area contributed by atoms with Crippen LogP contribution in [0.3, 0.4) is 0 Å². The van der Waals surface area contributed by atoms with Crippen LogP contribution < -0.4 is 5.32 Å². The fourth-order valence-electron chi connectivity index (χ4n) is 1.51. The molecule has 0 amide bonds. The summed E-state index contributed by atoms with van der Waals surface area (Å²) in [6, 6.07) is 0. The molecule has 0 bridgehead atoms. The van der Waals surface area contributed by atoms with Gasteiger partial charge in [-0.05, 0) is 0 Å². The minimum Gasteiger partial charge on any atom is -0.388 e. The lowest BCUT2D eigenvalue weighted by Crippen LogP contribution is -2.45. The summed E-state index contributed by atoms with van der Waals surface area (Å²) >= 11 is 0. The maximum absolute atomic E-state index is 10.8. The second-order valence-electron chi connectivity index (χ2n) is 4.14. The second-order valence-corrected chi connectivity index (χ2v) is 6.40. The predicted molar refractivity (Wildman–Crippen MR) is 57.6 cm³/mol. The quantitative estimate of drug-likeness (QED) is 0.610. The number of rotatable bonds is 5. The average Bonchev–Trinajstić information content (AvgIpc) is 2.12. The Bertz CT molecular complexity index is 282. The van der Waals surface area contributed by atoms with Crippen molar-refractivity contribution in [1.29, 1.82) is 0 Å². The molecule has 0 saturated carbocycles. The van der Waals surface area contributed by atoms with Gasteiger partial charge in [-0.25, -0.2) is 8.42 Å². The van der Waals surface area contributed by atoms with Gasteiger partial charge in [-0.3, -0.25) is 0 Å². The Labute approximate surface area is 90.7 Å². The largest absolute Gasteiger partial charge is 0.388 e. The normalized spacial score (nSPS) is 21.5. The van der Waals surface area contributed by atoms with Gasteiger partial charge in [-0.15, -0.1) is 0 Å². The summed E-state index contributed by atoms with van der Waals surface area (Å²) in [6.07, 6.45) is 2.43. The molecule has 1 rings (SSSR count). The lowest BCUT2D eigenvalue weighted by molar-refractivity contribution is -0.0612. The second kappa shape index (κ2) is 5.25. The van der Waals surface area contributed by atoms with Crippen LogP contribution in [0.15, 0.2) is 0 Å². The Kier molecular flexibility index (Phi) is 4.51. The van der Waals surface area contributed by atoms with Crippen LogP contribution in [-0.2, 0) is 14.6 Å². The van der Waals surface area contributed by atoms with E-state index in [0.717, 1.165) is 0 Å². The van der Waals surface area contributed by atoms with E-state index in [4.69, 9.17) is 4.74 Å². The minimum absolute atomic E-state index is 0.111. The Morgan fingerprint density at radius 2 is 2.00 bits per heavy atom. The van der Waals surface area contributed by atoms with E-state index in [-0.39, 0.29) is 5.75 Å². The van der Waals surface area contributed by atoms with Crippen molar-refractivity contribution >= 4 is 9.84 Å². The Hall–Kier alpha value is -0.170. The Morgan fingerprint density at radius 1 is 1.40 bits per heavy atom. The van der Waals surface area contributed by atoms with E-state index >= 15 is 0 Å². The summed E-state index contributed by atoms with van der Waals surface area (Å²) in [6.45, 7) is 1.97. The van der Waals surface area contributed by atoms with Gasteiger partial charge < -0.3 is 15.2 Å². The van der Waals surface area contributed by atoms with E-state index in [2.05, 4.69) is 5.32 Å². The molecule has 1 aliphatic heterocycles. The van der Waals surface area contributed by atoms with Crippen LogP contribution in [0.5, 0.6) is 0 Å². The zero-order valence-corrected chi connectivity index (χ0v) is 9.85. The van der Waals surface area contributed by atoms with E-state index in [0.29, 0.717) is 39.1 Å². The van der Waals surface area contributed by atoms with Gasteiger partial charge in [0.15, 0.2) is 0 Å². The molecule has 0 aliphatic carbocycles. The third-order valence-electron chi connectivity index (χ3n) is 2.53. The van der Waals surface area contributed by atoms with Crippen molar-refractivity contribution in [3.05, 3.63) is 0 Å². The summed E-state index contributed by atoms with van der Waals surface area (Å²) in [5, 5.41) is 13.0. The van der Waals surface area contributed by atoms with Crippen molar-refractivity contribution < 1.29 is 18.3 Å². The highest BCUT2D eigenvalue weighted by molar-refractivity contribution is 7.90. The monoisotopic (exact) mass is 237 g/mol. The van der Waals surface area contributed by atoms with Gasteiger partial charge in [0.05, 0.1) is 11.4 Å². The van der Waals surface area contributed by atoms with Crippen LogP contribution in [0, 0.1) is 0 Å². The number of hydrogen-bond acceptors (Lipinski definition) is 5. The highest BCUT2D eigenvalue weighted by Crippen LogP contribution is 2.18. The maximum atomic E-state index is 10.8. The lowest BCUT2D eigenvalue weighted by Gasteiger charge is -2.32. The van der Waals surface area contributed by atoms with Crippen LogP contribution in [0.4, 0.5) is 0 Å². The number of nitrogens with one attached hydrogen (secondary N) is 1. The first-order valence-electron chi connectivity index (χ1n) is 5.10. The molecule has 0 atom stereocenters. The first-order chi connectivity index (χ1) is 6.91. The standard InChI is InChI=1S/C9H19NO4S/c1-15(12,13)7-4-10-8-9(11)2-5-14-6-3-9/h10-11H,2-8H2,1H3. The molecule has 15 heavy (non-hydrogen) atoms. The van der Waals surface area contributed by atoms with Crippen molar-refractivity contribution in [2.45, 2.75) is 18.4 Å². The first kappa shape index (κ1) is 12.9. The van der Waals surface area contributed by atoms with Gasteiger partial charge in [0, 0.05) is 45.4 Å².